The highest BCUT2D eigenvalue weighted by molar-refractivity contribution is 6.30. The molecule has 0 spiro atoms. The van der Waals surface area contributed by atoms with Crippen LogP contribution in [0.1, 0.15) is 35.3 Å². The van der Waals surface area contributed by atoms with Crippen molar-refractivity contribution in [3.63, 3.8) is 0 Å². The van der Waals surface area contributed by atoms with Gasteiger partial charge < -0.3 is 5.32 Å². The average molecular weight is 290 g/mol. The van der Waals surface area contributed by atoms with Gasteiger partial charge in [0.2, 0.25) is 0 Å². The van der Waals surface area contributed by atoms with E-state index in [9.17, 15) is 0 Å². The Balaban J connectivity index is 2.19. The van der Waals surface area contributed by atoms with Gasteiger partial charge in [0.05, 0.1) is 0 Å². The monoisotopic (exact) mass is 289 g/mol. The fourth-order valence-corrected chi connectivity index (χ4v) is 2.30. The van der Waals surface area contributed by atoms with Crippen LogP contribution in [0, 0.1) is 13.8 Å². The van der Waals surface area contributed by atoms with E-state index in [1.54, 1.807) is 0 Å². The molecule has 0 aliphatic heterocycles. The van der Waals surface area contributed by atoms with E-state index >= 15 is 0 Å². The van der Waals surface area contributed by atoms with E-state index in [1.165, 1.54) is 11.1 Å². The van der Waals surface area contributed by atoms with Crippen LogP contribution in [-0.4, -0.2) is 16.5 Å². The van der Waals surface area contributed by atoms with Crippen LogP contribution in [0.25, 0.3) is 0 Å². The maximum absolute atomic E-state index is 5.90. The lowest BCUT2D eigenvalue weighted by molar-refractivity contribution is 0.706. The SMILES string of the molecule is CCNCc1c(C)nc(Cc2ccc(Cl)cc2)nc1C. The summed E-state index contributed by atoms with van der Waals surface area (Å²) in [6.07, 6.45) is 0.736. The van der Waals surface area contributed by atoms with Gasteiger partial charge in [-0.3, -0.25) is 0 Å². The lowest BCUT2D eigenvalue weighted by atomic mass is 10.1. The molecule has 0 radical (unpaired) electrons. The standard InChI is InChI=1S/C16H20ClN3/c1-4-18-10-15-11(2)19-16(20-12(15)3)9-13-5-7-14(17)8-6-13/h5-8,18H,4,9-10H2,1-3H3. The van der Waals surface area contributed by atoms with Crippen LogP contribution in [0.3, 0.4) is 0 Å². The molecular weight excluding hydrogens is 270 g/mol. The maximum Gasteiger partial charge on any atom is 0.133 e. The minimum atomic E-state index is 0.736. The quantitative estimate of drug-likeness (QED) is 0.916. The van der Waals surface area contributed by atoms with Crippen molar-refractivity contribution >= 4 is 11.6 Å². The maximum atomic E-state index is 5.90. The normalized spacial score (nSPS) is 10.8. The van der Waals surface area contributed by atoms with Gasteiger partial charge >= 0.3 is 0 Å². The van der Waals surface area contributed by atoms with E-state index in [1.807, 2.05) is 38.1 Å². The molecular formula is C16H20ClN3. The molecule has 0 unspecified atom stereocenters. The van der Waals surface area contributed by atoms with Gasteiger partial charge in [0, 0.05) is 34.9 Å². The molecule has 4 heteroatoms. The molecule has 1 aromatic carbocycles. The predicted molar refractivity (Wildman–Crippen MR) is 83.1 cm³/mol. The molecule has 1 aromatic heterocycles. The minimum Gasteiger partial charge on any atom is -0.313 e. The van der Waals surface area contributed by atoms with Crippen LogP contribution in [0.15, 0.2) is 24.3 Å². The molecule has 0 atom stereocenters. The molecule has 0 amide bonds. The Morgan fingerprint density at radius 2 is 1.65 bits per heavy atom. The number of nitrogens with one attached hydrogen (secondary N) is 1. The van der Waals surface area contributed by atoms with Crippen LogP contribution in [0.4, 0.5) is 0 Å². The summed E-state index contributed by atoms with van der Waals surface area (Å²) >= 11 is 5.90. The first-order chi connectivity index (χ1) is 9.60. The fraction of sp³-hybridized carbons (Fsp3) is 0.375. The Kier molecular flexibility index (Phi) is 5.10. The van der Waals surface area contributed by atoms with Gasteiger partial charge in [0.25, 0.3) is 0 Å². The van der Waals surface area contributed by atoms with Crippen molar-refractivity contribution in [2.45, 2.75) is 33.7 Å². The summed E-state index contributed by atoms with van der Waals surface area (Å²) in [7, 11) is 0. The first-order valence-electron chi connectivity index (χ1n) is 6.88. The second kappa shape index (κ2) is 6.82. The molecule has 106 valence electrons. The van der Waals surface area contributed by atoms with Crippen molar-refractivity contribution in [1.29, 1.82) is 0 Å². The Hall–Kier alpha value is -1.45. The van der Waals surface area contributed by atoms with Gasteiger partial charge in [-0.25, -0.2) is 9.97 Å². The summed E-state index contributed by atoms with van der Waals surface area (Å²) in [5, 5.41) is 4.08. The summed E-state index contributed by atoms with van der Waals surface area (Å²) in [4.78, 5) is 9.24. The van der Waals surface area contributed by atoms with Gasteiger partial charge in [-0.15, -0.1) is 0 Å². The molecule has 20 heavy (non-hydrogen) atoms. The molecule has 0 saturated carbocycles. The van der Waals surface area contributed by atoms with E-state index in [0.717, 1.165) is 41.7 Å². The molecule has 0 aliphatic carbocycles. The van der Waals surface area contributed by atoms with Crippen molar-refractivity contribution in [3.8, 4) is 0 Å². The number of hydrogen-bond acceptors (Lipinski definition) is 3. The van der Waals surface area contributed by atoms with Crippen molar-refractivity contribution in [2.75, 3.05) is 6.54 Å². The molecule has 2 rings (SSSR count). The molecule has 0 saturated heterocycles. The first kappa shape index (κ1) is 14.9. The summed E-state index contributed by atoms with van der Waals surface area (Å²) < 4.78 is 0. The molecule has 1 heterocycles. The third kappa shape index (κ3) is 3.78. The number of nitrogens with zero attached hydrogens (tertiary/aromatic N) is 2. The number of benzene rings is 1. The second-order valence-corrected chi connectivity index (χ2v) is 5.31. The minimum absolute atomic E-state index is 0.736. The average Bonchev–Trinajstić information content (AvgIpc) is 2.41. The van der Waals surface area contributed by atoms with E-state index in [2.05, 4.69) is 22.2 Å². The van der Waals surface area contributed by atoms with Crippen LogP contribution in [0.5, 0.6) is 0 Å². The van der Waals surface area contributed by atoms with Crippen molar-refractivity contribution in [1.82, 2.24) is 15.3 Å². The van der Waals surface area contributed by atoms with Crippen molar-refractivity contribution < 1.29 is 0 Å². The van der Waals surface area contributed by atoms with Crippen LogP contribution >= 0.6 is 11.6 Å². The summed E-state index contributed by atoms with van der Waals surface area (Å²) in [5.41, 5.74) is 4.49. The van der Waals surface area contributed by atoms with Crippen LogP contribution in [0.2, 0.25) is 5.02 Å². The molecule has 0 fully saturated rings. The van der Waals surface area contributed by atoms with Gasteiger partial charge in [-0.2, -0.15) is 0 Å². The number of rotatable bonds is 5. The predicted octanol–water partition coefficient (Wildman–Crippen LogP) is 3.45. The van der Waals surface area contributed by atoms with Gasteiger partial charge in [-0.05, 0) is 38.1 Å². The highest BCUT2D eigenvalue weighted by atomic mass is 35.5. The van der Waals surface area contributed by atoms with E-state index in [-0.39, 0.29) is 0 Å². The molecule has 3 nitrogen and oxygen atoms in total. The van der Waals surface area contributed by atoms with Gasteiger partial charge in [-0.1, -0.05) is 30.7 Å². The van der Waals surface area contributed by atoms with E-state index in [0.29, 0.717) is 0 Å². The Bertz CT molecular complexity index is 556. The molecule has 0 aliphatic rings. The van der Waals surface area contributed by atoms with Crippen LogP contribution < -0.4 is 5.32 Å². The lowest BCUT2D eigenvalue weighted by Crippen LogP contribution is -2.16. The summed E-state index contributed by atoms with van der Waals surface area (Å²) in [6, 6.07) is 7.83. The fourth-order valence-electron chi connectivity index (χ4n) is 2.18. The van der Waals surface area contributed by atoms with Crippen LogP contribution in [-0.2, 0) is 13.0 Å². The summed E-state index contributed by atoms with van der Waals surface area (Å²) in [6.45, 7) is 7.97. The number of aryl methyl sites for hydroxylation is 2. The molecule has 2 aromatic rings. The van der Waals surface area contributed by atoms with Crippen molar-refractivity contribution in [2.24, 2.45) is 0 Å². The van der Waals surface area contributed by atoms with E-state index in [4.69, 9.17) is 11.6 Å². The molecule has 1 N–H and O–H groups in total. The third-order valence-corrected chi connectivity index (χ3v) is 3.55. The number of aromatic nitrogens is 2. The number of hydrogen-bond donors (Lipinski definition) is 1. The highest BCUT2D eigenvalue weighted by Gasteiger charge is 2.08. The van der Waals surface area contributed by atoms with E-state index < -0.39 is 0 Å². The topological polar surface area (TPSA) is 37.8 Å². The zero-order valence-electron chi connectivity index (χ0n) is 12.2. The third-order valence-electron chi connectivity index (χ3n) is 3.29. The van der Waals surface area contributed by atoms with Gasteiger partial charge in [0.15, 0.2) is 0 Å². The Labute approximate surface area is 125 Å². The zero-order valence-corrected chi connectivity index (χ0v) is 13.0. The van der Waals surface area contributed by atoms with Gasteiger partial charge in [0.1, 0.15) is 5.82 Å². The Morgan fingerprint density at radius 1 is 1.05 bits per heavy atom. The largest absolute Gasteiger partial charge is 0.313 e. The highest BCUT2D eigenvalue weighted by Crippen LogP contribution is 2.15. The molecule has 0 bridgehead atoms. The Morgan fingerprint density at radius 3 is 2.20 bits per heavy atom. The smallest absolute Gasteiger partial charge is 0.133 e. The zero-order chi connectivity index (χ0) is 14.5. The summed E-state index contributed by atoms with van der Waals surface area (Å²) in [5.74, 6) is 0.863. The first-order valence-corrected chi connectivity index (χ1v) is 7.26. The number of halogens is 1. The second-order valence-electron chi connectivity index (χ2n) is 4.87. The lowest BCUT2D eigenvalue weighted by Gasteiger charge is -2.11. The van der Waals surface area contributed by atoms with Crippen molar-refractivity contribution in [3.05, 3.63) is 57.6 Å².